The van der Waals surface area contributed by atoms with Crippen LogP contribution in [0.5, 0.6) is 0 Å². The van der Waals surface area contributed by atoms with E-state index >= 15 is 0 Å². The molecule has 5 heteroatoms. The number of para-hydroxylation sites is 1. The van der Waals surface area contributed by atoms with Gasteiger partial charge in [-0.25, -0.2) is 4.79 Å². The molecule has 0 radical (unpaired) electrons. The molecular weight excluding hydrogens is 292 g/mol. The molecule has 0 spiro atoms. The number of ether oxygens (including phenoxy) is 1. The highest BCUT2D eigenvalue weighted by Gasteiger charge is 2.31. The molecule has 0 saturated heterocycles. The summed E-state index contributed by atoms with van der Waals surface area (Å²) in [7, 11) is 1.61. The zero-order chi connectivity index (χ0) is 16.2. The van der Waals surface area contributed by atoms with Crippen molar-refractivity contribution in [3.05, 3.63) is 65.2 Å². The quantitative estimate of drug-likeness (QED) is 0.813. The molecule has 1 aliphatic carbocycles. The van der Waals surface area contributed by atoms with Crippen LogP contribution in [0.2, 0.25) is 0 Å². The summed E-state index contributed by atoms with van der Waals surface area (Å²) in [6.07, 6.45) is -0.0474. The standard InChI is InChI=1S/C18H20N2O3/c1-23-11-13-7-3-5-9-15(13)19-18(22)20-17-14-8-4-2-6-12(14)10-16(17)21/h2-9,16-17,21H,10-11H2,1H3,(H2,19,20,22)/t16-,17+/m0/s1. The Balaban J connectivity index is 1.71. The summed E-state index contributed by atoms with van der Waals surface area (Å²) in [4.78, 5) is 12.3. The number of amides is 2. The molecule has 2 amide bonds. The van der Waals surface area contributed by atoms with Gasteiger partial charge < -0.3 is 20.5 Å². The molecule has 0 heterocycles. The van der Waals surface area contributed by atoms with Gasteiger partial charge in [0.05, 0.1) is 18.8 Å². The maximum atomic E-state index is 12.3. The number of aliphatic hydroxyl groups excluding tert-OH is 1. The Morgan fingerprint density at radius 2 is 1.96 bits per heavy atom. The lowest BCUT2D eigenvalue weighted by atomic mass is 10.1. The third-order valence-corrected chi connectivity index (χ3v) is 4.06. The van der Waals surface area contributed by atoms with E-state index in [-0.39, 0.29) is 12.1 Å². The number of rotatable bonds is 4. The molecule has 3 rings (SSSR count). The van der Waals surface area contributed by atoms with Crippen molar-refractivity contribution in [1.29, 1.82) is 0 Å². The first-order valence-corrected chi connectivity index (χ1v) is 7.59. The van der Waals surface area contributed by atoms with Crippen LogP contribution in [0.15, 0.2) is 48.5 Å². The van der Waals surface area contributed by atoms with Gasteiger partial charge in [0.2, 0.25) is 0 Å². The minimum absolute atomic E-state index is 0.339. The Labute approximate surface area is 135 Å². The fraction of sp³-hybridized carbons (Fsp3) is 0.278. The highest BCUT2D eigenvalue weighted by Crippen LogP contribution is 2.31. The first-order valence-electron chi connectivity index (χ1n) is 7.59. The van der Waals surface area contributed by atoms with Crippen LogP contribution < -0.4 is 10.6 Å². The number of carbonyl (C=O) groups is 1. The Morgan fingerprint density at radius 1 is 1.22 bits per heavy atom. The van der Waals surface area contributed by atoms with Crippen molar-refractivity contribution in [2.75, 3.05) is 12.4 Å². The number of benzene rings is 2. The summed E-state index contributed by atoms with van der Waals surface area (Å²) < 4.78 is 5.14. The Hall–Kier alpha value is -2.37. The first kappa shape index (κ1) is 15.5. The molecule has 0 aliphatic heterocycles. The molecule has 23 heavy (non-hydrogen) atoms. The molecule has 2 atom stereocenters. The van der Waals surface area contributed by atoms with Crippen molar-refractivity contribution in [3.63, 3.8) is 0 Å². The first-order chi connectivity index (χ1) is 11.2. The minimum Gasteiger partial charge on any atom is -0.390 e. The lowest BCUT2D eigenvalue weighted by Crippen LogP contribution is -2.37. The fourth-order valence-corrected chi connectivity index (χ4v) is 2.97. The second kappa shape index (κ2) is 6.81. The summed E-state index contributed by atoms with van der Waals surface area (Å²) in [5, 5.41) is 15.9. The molecular formula is C18H20N2O3. The summed E-state index contributed by atoms with van der Waals surface area (Å²) in [6.45, 7) is 0.422. The van der Waals surface area contributed by atoms with Gasteiger partial charge in [-0.1, -0.05) is 42.5 Å². The van der Waals surface area contributed by atoms with Gasteiger partial charge in [-0.3, -0.25) is 0 Å². The van der Waals surface area contributed by atoms with Crippen LogP contribution in [0.3, 0.4) is 0 Å². The summed E-state index contributed by atoms with van der Waals surface area (Å²) in [5.74, 6) is 0. The number of methoxy groups -OCH3 is 1. The van der Waals surface area contributed by atoms with Crippen LogP contribution in [0, 0.1) is 0 Å². The number of urea groups is 1. The third-order valence-electron chi connectivity index (χ3n) is 4.06. The van der Waals surface area contributed by atoms with Crippen molar-refractivity contribution < 1.29 is 14.6 Å². The van der Waals surface area contributed by atoms with E-state index in [9.17, 15) is 9.90 Å². The molecule has 0 aromatic heterocycles. The minimum atomic E-state index is -0.604. The average Bonchev–Trinajstić information content (AvgIpc) is 2.85. The van der Waals surface area contributed by atoms with Crippen LogP contribution in [0.4, 0.5) is 10.5 Å². The number of hydrogen-bond acceptors (Lipinski definition) is 3. The molecule has 5 nitrogen and oxygen atoms in total. The number of carbonyl (C=O) groups excluding carboxylic acids is 1. The van der Waals surface area contributed by atoms with Crippen LogP contribution >= 0.6 is 0 Å². The van der Waals surface area contributed by atoms with Gasteiger partial charge in [-0.15, -0.1) is 0 Å². The van der Waals surface area contributed by atoms with Crippen molar-refractivity contribution >= 4 is 11.7 Å². The van der Waals surface area contributed by atoms with Gasteiger partial charge in [-0.2, -0.15) is 0 Å². The normalized spacial score (nSPS) is 19.2. The topological polar surface area (TPSA) is 70.6 Å². The number of fused-ring (bicyclic) bond motifs is 1. The van der Waals surface area contributed by atoms with E-state index in [4.69, 9.17) is 4.74 Å². The van der Waals surface area contributed by atoms with Crippen LogP contribution in [0.25, 0.3) is 0 Å². The van der Waals surface area contributed by atoms with E-state index < -0.39 is 6.10 Å². The summed E-state index contributed by atoms with van der Waals surface area (Å²) in [5.41, 5.74) is 3.65. The van der Waals surface area contributed by atoms with Gasteiger partial charge >= 0.3 is 6.03 Å². The maximum absolute atomic E-state index is 12.3. The fourth-order valence-electron chi connectivity index (χ4n) is 2.97. The molecule has 2 aromatic rings. The second-order valence-electron chi connectivity index (χ2n) is 5.64. The van der Waals surface area contributed by atoms with Crippen LogP contribution in [0.1, 0.15) is 22.7 Å². The Kier molecular flexibility index (Phi) is 4.60. The van der Waals surface area contributed by atoms with Gasteiger partial charge in [0.15, 0.2) is 0 Å². The predicted molar refractivity (Wildman–Crippen MR) is 88.2 cm³/mol. The second-order valence-corrected chi connectivity index (χ2v) is 5.64. The molecule has 2 aromatic carbocycles. The van der Waals surface area contributed by atoms with Gasteiger partial charge in [0.25, 0.3) is 0 Å². The number of nitrogens with one attached hydrogen (secondary N) is 2. The number of anilines is 1. The van der Waals surface area contributed by atoms with Crippen molar-refractivity contribution in [1.82, 2.24) is 5.32 Å². The van der Waals surface area contributed by atoms with Crippen LogP contribution in [-0.2, 0) is 17.8 Å². The Bertz CT molecular complexity index is 702. The van der Waals surface area contributed by atoms with Crippen LogP contribution in [-0.4, -0.2) is 24.4 Å². The van der Waals surface area contributed by atoms with E-state index in [2.05, 4.69) is 10.6 Å². The highest BCUT2D eigenvalue weighted by molar-refractivity contribution is 5.90. The van der Waals surface area contributed by atoms with Crippen molar-refractivity contribution in [3.8, 4) is 0 Å². The van der Waals surface area contributed by atoms with Gasteiger partial charge in [0, 0.05) is 24.8 Å². The number of hydrogen-bond donors (Lipinski definition) is 3. The summed E-state index contributed by atoms with van der Waals surface area (Å²) >= 11 is 0. The lowest BCUT2D eigenvalue weighted by Gasteiger charge is -2.19. The smallest absolute Gasteiger partial charge is 0.319 e. The third kappa shape index (κ3) is 3.36. The molecule has 0 saturated carbocycles. The zero-order valence-corrected chi connectivity index (χ0v) is 13.0. The van der Waals surface area contributed by atoms with E-state index in [1.807, 2.05) is 48.5 Å². The van der Waals surface area contributed by atoms with E-state index in [0.717, 1.165) is 16.7 Å². The van der Waals surface area contributed by atoms with Crippen molar-refractivity contribution in [2.24, 2.45) is 0 Å². The maximum Gasteiger partial charge on any atom is 0.319 e. The average molecular weight is 312 g/mol. The van der Waals surface area contributed by atoms with E-state index in [0.29, 0.717) is 18.7 Å². The van der Waals surface area contributed by atoms with E-state index in [1.54, 1.807) is 7.11 Å². The van der Waals surface area contributed by atoms with Gasteiger partial charge in [0.1, 0.15) is 0 Å². The molecule has 0 fully saturated rings. The van der Waals surface area contributed by atoms with Crippen molar-refractivity contribution in [2.45, 2.75) is 25.2 Å². The predicted octanol–water partition coefficient (Wildman–Crippen LogP) is 2.61. The number of aliphatic hydroxyl groups is 1. The molecule has 3 N–H and O–H groups in total. The molecule has 1 aliphatic rings. The van der Waals surface area contributed by atoms with E-state index in [1.165, 1.54) is 0 Å². The largest absolute Gasteiger partial charge is 0.390 e. The molecule has 0 unspecified atom stereocenters. The monoisotopic (exact) mass is 312 g/mol. The SMILES string of the molecule is COCc1ccccc1NC(=O)N[C@@H]1c2ccccc2C[C@@H]1O. The lowest BCUT2D eigenvalue weighted by molar-refractivity contribution is 0.144. The summed E-state index contributed by atoms with van der Waals surface area (Å²) in [6, 6.07) is 14.5. The molecule has 0 bridgehead atoms. The zero-order valence-electron chi connectivity index (χ0n) is 13.0. The Morgan fingerprint density at radius 3 is 2.78 bits per heavy atom. The molecule has 120 valence electrons. The highest BCUT2D eigenvalue weighted by atomic mass is 16.5. The van der Waals surface area contributed by atoms with Gasteiger partial charge in [-0.05, 0) is 17.2 Å².